The molecule has 2 aromatic rings. The summed E-state index contributed by atoms with van der Waals surface area (Å²) in [5.41, 5.74) is 3.32. The normalized spacial score (nSPS) is 19.8. The molecule has 1 unspecified atom stereocenters. The minimum atomic E-state index is -0.295. The first kappa shape index (κ1) is 22.3. The highest BCUT2D eigenvalue weighted by Crippen LogP contribution is 2.36. The van der Waals surface area contributed by atoms with Crippen molar-refractivity contribution in [3.05, 3.63) is 65.7 Å². The lowest BCUT2D eigenvalue weighted by atomic mass is 9.78. The average molecular weight is 435 g/mol. The fraction of sp³-hybridized carbons (Fsp3) is 0.462. The van der Waals surface area contributed by atoms with E-state index in [9.17, 15) is 4.79 Å². The molecular formula is C26H34N4O2. The maximum Gasteiger partial charge on any atom is 0.327 e. The van der Waals surface area contributed by atoms with E-state index in [2.05, 4.69) is 39.2 Å². The highest BCUT2D eigenvalue weighted by molar-refractivity contribution is 5.80. The zero-order chi connectivity index (χ0) is 22.3. The van der Waals surface area contributed by atoms with Crippen LogP contribution in [0.1, 0.15) is 42.9 Å². The van der Waals surface area contributed by atoms with Crippen molar-refractivity contribution < 1.29 is 9.53 Å². The monoisotopic (exact) mass is 434 g/mol. The Morgan fingerprint density at radius 2 is 1.56 bits per heavy atom. The van der Waals surface area contributed by atoms with Crippen LogP contribution in [0.2, 0.25) is 0 Å². The number of methoxy groups -OCH3 is 1. The summed E-state index contributed by atoms with van der Waals surface area (Å²) >= 11 is 0. The number of carbonyl (C=O) groups excluding carboxylic acids is 1. The number of hydrogen-bond donors (Lipinski definition) is 1. The average Bonchev–Trinajstić information content (AvgIpc) is 2.86. The van der Waals surface area contributed by atoms with Crippen LogP contribution in [-0.4, -0.2) is 50.4 Å². The van der Waals surface area contributed by atoms with Gasteiger partial charge >= 0.3 is 5.97 Å². The largest absolute Gasteiger partial charge is 0.468 e. The first-order valence-corrected chi connectivity index (χ1v) is 11.6. The summed E-state index contributed by atoms with van der Waals surface area (Å²) in [6.07, 6.45) is 6.44. The molecule has 6 heteroatoms. The Balaban J connectivity index is 1.30. The number of rotatable bonds is 6. The second-order valence-corrected chi connectivity index (χ2v) is 8.90. The predicted octanol–water partition coefficient (Wildman–Crippen LogP) is 3.82. The molecule has 32 heavy (non-hydrogen) atoms. The van der Waals surface area contributed by atoms with Gasteiger partial charge in [0.1, 0.15) is 6.04 Å². The summed E-state index contributed by atoms with van der Waals surface area (Å²) < 4.78 is 5.14. The third kappa shape index (κ3) is 5.13. The van der Waals surface area contributed by atoms with E-state index < -0.39 is 0 Å². The van der Waals surface area contributed by atoms with Crippen molar-refractivity contribution >= 4 is 17.9 Å². The highest BCUT2D eigenvalue weighted by atomic mass is 16.5. The van der Waals surface area contributed by atoms with Gasteiger partial charge in [-0.15, -0.1) is 0 Å². The third-order valence-corrected chi connectivity index (χ3v) is 7.17. The summed E-state index contributed by atoms with van der Waals surface area (Å²) in [7, 11) is 1.48. The fourth-order valence-corrected chi connectivity index (χ4v) is 5.38. The van der Waals surface area contributed by atoms with Crippen LogP contribution in [0.3, 0.4) is 0 Å². The van der Waals surface area contributed by atoms with Gasteiger partial charge in [0, 0.05) is 18.8 Å². The molecule has 170 valence electrons. The van der Waals surface area contributed by atoms with Crippen molar-refractivity contribution in [3.8, 4) is 0 Å². The molecule has 6 nitrogen and oxygen atoms in total. The van der Waals surface area contributed by atoms with Crippen LogP contribution in [-0.2, 0) is 9.53 Å². The van der Waals surface area contributed by atoms with Crippen LogP contribution in [0.4, 0.5) is 5.69 Å². The van der Waals surface area contributed by atoms with Crippen LogP contribution >= 0.6 is 0 Å². The van der Waals surface area contributed by atoms with E-state index in [1.54, 1.807) is 6.21 Å². The first-order chi connectivity index (χ1) is 15.7. The summed E-state index contributed by atoms with van der Waals surface area (Å²) in [5.74, 6) is 6.59. The van der Waals surface area contributed by atoms with Crippen LogP contribution in [0.25, 0.3) is 0 Å². The van der Waals surface area contributed by atoms with E-state index >= 15 is 0 Å². The second kappa shape index (κ2) is 10.6. The van der Waals surface area contributed by atoms with Gasteiger partial charge in [0.2, 0.25) is 0 Å². The van der Waals surface area contributed by atoms with Gasteiger partial charge in [-0.3, -0.25) is 4.90 Å². The fourth-order valence-electron chi connectivity index (χ4n) is 5.38. The van der Waals surface area contributed by atoms with Crippen molar-refractivity contribution in [2.75, 3.05) is 38.2 Å². The Morgan fingerprint density at radius 3 is 2.12 bits per heavy atom. The first-order valence-electron chi connectivity index (χ1n) is 11.6. The Labute approximate surface area is 191 Å². The van der Waals surface area contributed by atoms with Gasteiger partial charge in [-0.2, -0.15) is 5.10 Å². The number of nitrogens with zero attached hydrogens (tertiary/aromatic N) is 3. The number of likely N-dealkylation sites (tertiary alicyclic amines) is 1. The van der Waals surface area contributed by atoms with E-state index in [-0.39, 0.29) is 12.0 Å². The van der Waals surface area contributed by atoms with Gasteiger partial charge < -0.3 is 15.5 Å². The van der Waals surface area contributed by atoms with Gasteiger partial charge in [-0.05, 0) is 73.9 Å². The SMILES string of the molecule is COC(=O)C(c1ccccc1)N1CCC(C2CCN(c3ccc(C=NN)cc3)CC2)CC1. The molecule has 2 fully saturated rings. The Hall–Kier alpha value is -2.86. The summed E-state index contributed by atoms with van der Waals surface area (Å²) in [6.45, 7) is 4.10. The molecule has 2 saturated heterocycles. The molecule has 0 spiro atoms. The summed E-state index contributed by atoms with van der Waals surface area (Å²) in [6, 6.07) is 18.2. The quantitative estimate of drug-likeness (QED) is 0.324. The molecule has 2 aliphatic heterocycles. The van der Waals surface area contributed by atoms with Crippen LogP contribution in [0.15, 0.2) is 59.7 Å². The number of benzene rings is 2. The number of esters is 1. The molecule has 0 saturated carbocycles. The van der Waals surface area contributed by atoms with Crippen molar-refractivity contribution in [1.82, 2.24) is 4.90 Å². The van der Waals surface area contributed by atoms with E-state index in [1.807, 2.05) is 30.3 Å². The molecular weight excluding hydrogens is 400 g/mol. The smallest absolute Gasteiger partial charge is 0.327 e. The zero-order valence-electron chi connectivity index (χ0n) is 18.9. The van der Waals surface area contributed by atoms with E-state index in [0.717, 1.165) is 62.0 Å². The molecule has 2 heterocycles. The number of ether oxygens (including phenoxy) is 1. The van der Waals surface area contributed by atoms with Crippen molar-refractivity contribution in [3.63, 3.8) is 0 Å². The third-order valence-electron chi connectivity index (χ3n) is 7.17. The molecule has 0 aliphatic carbocycles. The van der Waals surface area contributed by atoms with Gasteiger partial charge in [0.05, 0.1) is 13.3 Å². The van der Waals surface area contributed by atoms with Crippen molar-refractivity contribution in [1.29, 1.82) is 0 Å². The summed E-state index contributed by atoms with van der Waals surface area (Å²) in [4.78, 5) is 17.3. The number of nitrogens with two attached hydrogens (primary N) is 1. The Bertz CT molecular complexity index is 884. The number of carbonyl (C=O) groups is 1. The molecule has 2 N–H and O–H groups in total. The van der Waals surface area contributed by atoms with Crippen molar-refractivity contribution in [2.24, 2.45) is 22.8 Å². The van der Waals surface area contributed by atoms with Gasteiger partial charge in [0.15, 0.2) is 0 Å². The van der Waals surface area contributed by atoms with Gasteiger partial charge in [-0.1, -0.05) is 42.5 Å². The Kier molecular flexibility index (Phi) is 7.43. The topological polar surface area (TPSA) is 71.2 Å². The molecule has 1 atom stereocenters. The molecule has 0 aromatic heterocycles. The minimum absolute atomic E-state index is 0.160. The molecule has 0 radical (unpaired) electrons. The zero-order valence-corrected chi connectivity index (χ0v) is 18.9. The molecule has 2 aromatic carbocycles. The van der Waals surface area contributed by atoms with Gasteiger partial charge in [0.25, 0.3) is 0 Å². The van der Waals surface area contributed by atoms with Crippen LogP contribution in [0, 0.1) is 11.8 Å². The van der Waals surface area contributed by atoms with Crippen LogP contribution < -0.4 is 10.7 Å². The maximum absolute atomic E-state index is 12.5. The summed E-state index contributed by atoms with van der Waals surface area (Å²) in [5, 5.41) is 3.59. The highest BCUT2D eigenvalue weighted by Gasteiger charge is 2.35. The van der Waals surface area contributed by atoms with E-state index in [4.69, 9.17) is 10.6 Å². The number of piperidine rings is 2. The number of hydrogen-bond acceptors (Lipinski definition) is 6. The lowest BCUT2D eigenvalue weighted by Crippen LogP contribution is -2.43. The standard InChI is InChI=1S/C26H34N4O2/c1-32-26(31)25(23-5-3-2-4-6-23)30-17-13-22(14-18-30)21-11-15-29(16-12-21)24-9-7-20(8-10-24)19-28-27/h2-10,19,21-22,25H,11-18,27H2,1H3. The minimum Gasteiger partial charge on any atom is -0.468 e. The molecule has 2 aliphatic rings. The Morgan fingerprint density at radius 1 is 0.969 bits per heavy atom. The van der Waals surface area contributed by atoms with Crippen molar-refractivity contribution in [2.45, 2.75) is 31.7 Å². The lowest BCUT2D eigenvalue weighted by Gasteiger charge is -2.42. The number of anilines is 1. The van der Waals surface area contributed by atoms with Gasteiger partial charge in [-0.25, -0.2) is 4.79 Å². The number of hydrazone groups is 1. The van der Waals surface area contributed by atoms with Crippen LogP contribution in [0.5, 0.6) is 0 Å². The van der Waals surface area contributed by atoms with E-state index in [1.165, 1.54) is 25.6 Å². The molecule has 4 rings (SSSR count). The second-order valence-electron chi connectivity index (χ2n) is 8.90. The van der Waals surface area contributed by atoms with E-state index in [0.29, 0.717) is 0 Å². The molecule has 0 amide bonds. The molecule has 0 bridgehead atoms. The lowest BCUT2D eigenvalue weighted by molar-refractivity contribution is -0.148. The predicted molar refractivity (Wildman–Crippen MR) is 129 cm³/mol. The maximum atomic E-state index is 12.5.